The van der Waals surface area contributed by atoms with Crippen LogP contribution in [0.2, 0.25) is 0 Å². The molecule has 0 aliphatic carbocycles. The summed E-state index contributed by atoms with van der Waals surface area (Å²) in [5.41, 5.74) is 0.777. The number of anilines is 2. The van der Waals surface area contributed by atoms with Crippen molar-refractivity contribution in [3.8, 4) is 0 Å². The van der Waals surface area contributed by atoms with Gasteiger partial charge in [-0.05, 0) is 12.3 Å². The maximum atomic E-state index is 4.61. The fourth-order valence-corrected chi connectivity index (χ4v) is 2.06. The molecule has 2 aromatic rings. The van der Waals surface area contributed by atoms with E-state index in [2.05, 4.69) is 58.2 Å². The van der Waals surface area contributed by atoms with Crippen molar-refractivity contribution in [2.75, 3.05) is 30.4 Å². The number of aromatic amines is 1. The van der Waals surface area contributed by atoms with Crippen LogP contribution in [0.4, 0.5) is 11.8 Å². The monoisotopic (exact) mass is 262 g/mol. The fourth-order valence-electron chi connectivity index (χ4n) is 2.06. The molecule has 2 rings (SSSR count). The molecule has 2 aromatic heterocycles. The summed E-state index contributed by atoms with van der Waals surface area (Å²) >= 11 is 0. The van der Waals surface area contributed by atoms with E-state index in [0.29, 0.717) is 11.9 Å². The van der Waals surface area contributed by atoms with E-state index in [0.717, 1.165) is 36.4 Å². The van der Waals surface area contributed by atoms with Crippen molar-refractivity contribution in [2.45, 2.75) is 27.2 Å². The molecule has 2 N–H and O–H groups in total. The Hall–Kier alpha value is -1.85. The summed E-state index contributed by atoms with van der Waals surface area (Å²) in [6.45, 7) is 8.33. The number of H-pyrrole nitrogens is 1. The molecule has 0 fully saturated rings. The average Bonchev–Trinajstić information content (AvgIpc) is 2.82. The second kappa shape index (κ2) is 5.86. The molecule has 19 heavy (non-hydrogen) atoms. The first-order chi connectivity index (χ1) is 9.11. The van der Waals surface area contributed by atoms with Gasteiger partial charge in [-0.15, -0.1) is 0 Å². The topological polar surface area (TPSA) is 69.7 Å². The quantitative estimate of drug-likeness (QED) is 0.835. The second-order valence-corrected chi connectivity index (χ2v) is 5.20. The zero-order valence-corrected chi connectivity index (χ0v) is 12.1. The summed E-state index contributed by atoms with van der Waals surface area (Å²) < 4.78 is 0. The van der Waals surface area contributed by atoms with Gasteiger partial charge in [0.25, 0.3) is 0 Å². The molecule has 0 aliphatic rings. The van der Waals surface area contributed by atoms with Gasteiger partial charge >= 0.3 is 0 Å². The summed E-state index contributed by atoms with van der Waals surface area (Å²) in [5.74, 6) is 2.16. The van der Waals surface area contributed by atoms with Crippen LogP contribution >= 0.6 is 0 Å². The van der Waals surface area contributed by atoms with Crippen molar-refractivity contribution in [3.63, 3.8) is 0 Å². The van der Waals surface area contributed by atoms with Crippen LogP contribution in [0.15, 0.2) is 6.20 Å². The molecule has 0 saturated carbocycles. The Balaban J connectivity index is 2.36. The van der Waals surface area contributed by atoms with E-state index < -0.39 is 0 Å². The Kier molecular flexibility index (Phi) is 4.19. The van der Waals surface area contributed by atoms with Crippen LogP contribution in [0, 0.1) is 5.92 Å². The minimum atomic E-state index is 0.578. The maximum Gasteiger partial charge on any atom is 0.226 e. The number of hydrogen-bond acceptors (Lipinski definition) is 5. The predicted octanol–water partition coefficient (Wildman–Crippen LogP) is 2.27. The van der Waals surface area contributed by atoms with E-state index in [-0.39, 0.29) is 0 Å². The predicted molar refractivity (Wildman–Crippen MR) is 78.6 cm³/mol. The molecule has 0 saturated heterocycles. The Morgan fingerprint density at radius 2 is 2.16 bits per heavy atom. The van der Waals surface area contributed by atoms with Crippen molar-refractivity contribution in [1.29, 1.82) is 0 Å². The minimum absolute atomic E-state index is 0.578. The summed E-state index contributed by atoms with van der Waals surface area (Å²) in [7, 11) is 2.05. The van der Waals surface area contributed by atoms with Gasteiger partial charge in [0.15, 0.2) is 5.65 Å². The molecule has 0 spiro atoms. The van der Waals surface area contributed by atoms with Crippen molar-refractivity contribution in [2.24, 2.45) is 5.92 Å². The Labute approximate surface area is 113 Å². The largest absolute Gasteiger partial charge is 0.359 e. The number of nitrogens with one attached hydrogen (secondary N) is 2. The lowest BCUT2D eigenvalue weighted by atomic mass is 10.2. The van der Waals surface area contributed by atoms with Gasteiger partial charge in [-0.2, -0.15) is 15.1 Å². The molecular formula is C13H22N6. The van der Waals surface area contributed by atoms with Crippen molar-refractivity contribution in [1.82, 2.24) is 20.2 Å². The average molecular weight is 262 g/mol. The summed E-state index contributed by atoms with van der Waals surface area (Å²) in [4.78, 5) is 11.2. The van der Waals surface area contributed by atoms with Crippen LogP contribution in [0.1, 0.15) is 27.2 Å². The van der Waals surface area contributed by atoms with E-state index >= 15 is 0 Å². The highest BCUT2D eigenvalue weighted by molar-refractivity contribution is 5.87. The normalized spacial score (nSPS) is 11.2. The molecule has 104 valence electrons. The zero-order valence-electron chi connectivity index (χ0n) is 12.1. The number of aromatic nitrogens is 4. The Bertz CT molecular complexity index is 533. The van der Waals surface area contributed by atoms with Crippen LogP contribution in [0.25, 0.3) is 11.0 Å². The summed E-state index contributed by atoms with van der Waals surface area (Å²) in [5, 5.41) is 11.2. The van der Waals surface area contributed by atoms with Crippen LogP contribution in [-0.4, -0.2) is 40.3 Å². The first-order valence-electron chi connectivity index (χ1n) is 6.78. The first kappa shape index (κ1) is 13.6. The first-order valence-corrected chi connectivity index (χ1v) is 6.78. The van der Waals surface area contributed by atoms with Crippen molar-refractivity contribution < 1.29 is 0 Å². The third-order valence-electron chi connectivity index (χ3n) is 2.82. The zero-order chi connectivity index (χ0) is 13.8. The van der Waals surface area contributed by atoms with Gasteiger partial charge in [-0.3, -0.25) is 5.10 Å². The highest BCUT2D eigenvalue weighted by Crippen LogP contribution is 2.23. The highest BCUT2D eigenvalue weighted by Gasteiger charge is 2.13. The van der Waals surface area contributed by atoms with Crippen LogP contribution in [-0.2, 0) is 0 Å². The van der Waals surface area contributed by atoms with E-state index in [4.69, 9.17) is 0 Å². The van der Waals surface area contributed by atoms with Gasteiger partial charge in [-0.25, -0.2) is 0 Å². The fraction of sp³-hybridized carbons (Fsp3) is 0.615. The van der Waals surface area contributed by atoms with Gasteiger partial charge in [0.1, 0.15) is 5.82 Å². The van der Waals surface area contributed by atoms with E-state index in [9.17, 15) is 0 Å². The summed E-state index contributed by atoms with van der Waals surface area (Å²) in [6.07, 6.45) is 2.83. The van der Waals surface area contributed by atoms with Crippen molar-refractivity contribution in [3.05, 3.63) is 6.20 Å². The minimum Gasteiger partial charge on any atom is -0.359 e. The lowest BCUT2D eigenvalue weighted by Crippen LogP contribution is -2.24. The molecule has 0 amide bonds. The van der Waals surface area contributed by atoms with E-state index in [1.54, 1.807) is 6.20 Å². The number of rotatable bonds is 6. The Morgan fingerprint density at radius 3 is 2.84 bits per heavy atom. The molecule has 0 aromatic carbocycles. The smallest absolute Gasteiger partial charge is 0.226 e. The van der Waals surface area contributed by atoms with Gasteiger partial charge in [-0.1, -0.05) is 20.8 Å². The molecule has 6 nitrogen and oxygen atoms in total. The Morgan fingerprint density at radius 1 is 1.37 bits per heavy atom. The lowest BCUT2D eigenvalue weighted by Gasteiger charge is -2.21. The van der Waals surface area contributed by atoms with Crippen LogP contribution < -0.4 is 10.2 Å². The number of fused-ring (bicyclic) bond motifs is 1. The molecule has 0 atom stereocenters. The van der Waals surface area contributed by atoms with Crippen LogP contribution in [0.3, 0.4) is 0 Å². The maximum absolute atomic E-state index is 4.61. The van der Waals surface area contributed by atoms with Gasteiger partial charge < -0.3 is 10.2 Å². The van der Waals surface area contributed by atoms with E-state index in [1.807, 2.05) is 0 Å². The molecule has 6 heteroatoms. The highest BCUT2D eigenvalue weighted by atomic mass is 15.2. The molecule has 0 bridgehead atoms. The number of hydrogen-bond donors (Lipinski definition) is 2. The second-order valence-electron chi connectivity index (χ2n) is 5.20. The van der Waals surface area contributed by atoms with Crippen LogP contribution in [0.5, 0.6) is 0 Å². The van der Waals surface area contributed by atoms with Gasteiger partial charge in [0, 0.05) is 20.1 Å². The SMILES string of the molecule is CCCNc1nc(N(C)CC(C)C)c2cn[nH]c2n1. The molecule has 0 radical (unpaired) electrons. The molecule has 0 unspecified atom stereocenters. The number of nitrogens with zero attached hydrogens (tertiary/aromatic N) is 4. The third-order valence-corrected chi connectivity index (χ3v) is 2.82. The van der Waals surface area contributed by atoms with Gasteiger partial charge in [0.05, 0.1) is 11.6 Å². The summed E-state index contributed by atoms with van der Waals surface area (Å²) in [6, 6.07) is 0. The third kappa shape index (κ3) is 3.13. The van der Waals surface area contributed by atoms with E-state index in [1.165, 1.54) is 0 Å². The molecule has 2 heterocycles. The van der Waals surface area contributed by atoms with Crippen molar-refractivity contribution >= 4 is 22.8 Å². The van der Waals surface area contributed by atoms with Gasteiger partial charge in [0.2, 0.25) is 5.95 Å². The standard InChI is InChI=1S/C13H22N6/c1-5-6-14-13-16-11-10(7-15-18-11)12(17-13)19(4)8-9(2)3/h7,9H,5-6,8H2,1-4H3,(H2,14,15,16,17,18). The molecular weight excluding hydrogens is 240 g/mol. The lowest BCUT2D eigenvalue weighted by molar-refractivity contribution is 0.635. The molecule has 0 aliphatic heterocycles.